The first-order valence-electron chi connectivity index (χ1n) is 8.51. The van der Waals surface area contributed by atoms with Crippen LogP contribution in [0.3, 0.4) is 0 Å². The quantitative estimate of drug-likeness (QED) is 0.381. The summed E-state index contributed by atoms with van der Waals surface area (Å²) in [4.78, 5) is 4.52. The minimum Gasteiger partial charge on any atom is -0.493 e. The van der Waals surface area contributed by atoms with E-state index in [1.807, 2.05) is 49.4 Å². The standard InChI is InChI=1S/C22H18Cl3NO2/c1-14-3-6-18(24)11-20(14)26-12-15-4-8-21(22(9-15)27-2)28-13-16-5-7-17(23)10-19(16)25/h3-12H,13H2,1-2H3. The van der Waals surface area contributed by atoms with Crippen molar-refractivity contribution in [3.8, 4) is 11.5 Å². The third-order valence-corrected chi connectivity index (χ3v) is 4.93. The molecule has 0 radical (unpaired) electrons. The smallest absolute Gasteiger partial charge is 0.161 e. The molecule has 0 aliphatic heterocycles. The number of nitrogens with zero attached hydrogens (tertiary/aromatic N) is 1. The summed E-state index contributed by atoms with van der Waals surface area (Å²) in [5.74, 6) is 1.22. The zero-order valence-corrected chi connectivity index (χ0v) is 17.6. The van der Waals surface area contributed by atoms with E-state index in [-0.39, 0.29) is 0 Å². The van der Waals surface area contributed by atoms with E-state index in [1.165, 1.54) is 0 Å². The highest BCUT2D eigenvalue weighted by atomic mass is 35.5. The average Bonchev–Trinajstić information content (AvgIpc) is 2.68. The van der Waals surface area contributed by atoms with Crippen molar-refractivity contribution in [1.82, 2.24) is 0 Å². The van der Waals surface area contributed by atoms with Gasteiger partial charge in [-0.05, 0) is 60.5 Å². The Labute approximate surface area is 179 Å². The summed E-state index contributed by atoms with van der Waals surface area (Å²) in [6.07, 6.45) is 1.76. The lowest BCUT2D eigenvalue weighted by atomic mass is 10.2. The molecular weight excluding hydrogens is 417 g/mol. The Bertz CT molecular complexity index is 1020. The maximum Gasteiger partial charge on any atom is 0.161 e. The molecule has 0 amide bonds. The van der Waals surface area contributed by atoms with Crippen molar-refractivity contribution in [3.63, 3.8) is 0 Å². The molecule has 0 atom stereocenters. The van der Waals surface area contributed by atoms with Gasteiger partial charge in [0.25, 0.3) is 0 Å². The molecule has 144 valence electrons. The summed E-state index contributed by atoms with van der Waals surface area (Å²) in [5, 5.41) is 1.80. The van der Waals surface area contributed by atoms with Crippen LogP contribution >= 0.6 is 34.8 Å². The normalized spacial score (nSPS) is 11.0. The van der Waals surface area contributed by atoms with Gasteiger partial charge in [0.15, 0.2) is 11.5 Å². The predicted molar refractivity (Wildman–Crippen MR) is 117 cm³/mol. The van der Waals surface area contributed by atoms with Gasteiger partial charge < -0.3 is 9.47 Å². The maximum atomic E-state index is 6.20. The highest BCUT2D eigenvalue weighted by Crippen LogP contribution is 2.30. The molecule has 0 N–H and O–H groups in total. The molecule has 0 aliphatic rings. The number of ether oxygens (including phenoxy) is 2. The number of hydrogen-bond donors (Lipinski definition) is 0. The van der Waals surface area contributed by atoms with Crippen LogP contribution in [0.5, 0.6) is 11.5 Å². The third kappa shape index (κ3) is 5.20. The van der Waals surface area contributed by atoms with Crippen molar-refractivity contribution in [2.45, 2.75) is 13.5 Å². The van der Waals surface area contributed by atoms with Crippen LogP contribution in [0.1, 0.15) is 16.7 Å². The number of rotatable bonds is 6. The Morgan fingerprint density at radius 2 is 1.64 bits per heavy atom. The van der Waals surface area contributed by atoms with Gasteiger partial charge in [-0.25, -0.2) is 0 Å². The van der Waals surface area contributed by atoms with E-state index in [9.17, 15) is 0 Å². The molecule has 0 aliphatic carbocycles. The van der Waals surface area contributed by atoms with Gasteiger partial charge in [-0.15, -0.1) is 0 Å². The van der Waals surface area contributed by atoms with Crippen LogP contribution in [0.2, 0.25) is 15.1 Å². The van der Waals surface area contributed by atoms with Crippen LogP contribution in [-0.4, -0.2) is 13.3 Å². The Hall–Kier alpha value is -2.20. The fourth-order valence-corrected chi connectivity index (χ4v) is 3.17. The molecule has 3 aromatic carbocycles. The highest BCUT2D eigenvalue weighted by molar-refractivity contribution is 6.35. The monoisotopic (exact) mass is 433 g/mol. The van der Waals surface area contributed by atoms with Crippen molar-refractivity contribution < 1.29 is 9.47 Å². The summed E-state index contributed by atoms with van der Waals surface area (Å²) in [6.45, 7) is 2.30. The second kappa shape index (κ2) is 9.33. The molecule has 0 bridgehead atoms. The lowest BCUT2D eigenvalue weighted by Crippen LogP contribution is -1.99. The van der Waals surface area contributed by atoms with E-state index >= 15 is 0 Å². The lowest BCUT2D eigenvalue weighted by Gasteiger charge is -2.12. The van der Waals surface area contributed by atoms with Gasteiger partial charge in [-0.2, -0.15) is 0 Å². The Morgan fingerprint density at radius 1 is 0.893 bits per heavy atom. The molecule has 3 aromatic rings. The average molecular weight is 435 g/mol. The van der Waals surface area contributed by atoms with Crippen LogP contribution in [0, 0.1) is 6.92 Å². The van der Waals surface area contributed by atoms with Crippen LogP contribution in [0.4, 0.5) is 5.69 Å². The number of methoxy groups -OCH3 is 1. The van der Waals surface area contributed by atoms with Crippen molar-refractivity contribution in [2.75, 3.05) is 7.11 Å². The number of aliphatic imine (C=N–C) groups is 1. The molecule has 3 nitrogen and oxygen atoms in total. The molecule has 0 fully saturated rings. The van der Waals surface area contributed by atoms with Gasteiger partial charge >= 0.3 is 0 Å². The van der Waals surface area contributed by atoms with Gasteiger partial charge in [0, 0.05) is 26.8 Å². The number of benzene rings is 3. The SMILES string of the molecule is COc1cc(C=Nc2cc(Cl)ccc2C)ccc1OCc1ccc(Cl)cc1Cl. The second-order valence-electron chi connectivity index (χ2n) is 6.12. The van der Waals surface area contributed by atoms with Crippen LogP contribution in [-0.2, 0) is 6.61 Å². The molecular formula is C22H18Cl3NO2. The molecule has 0 heterocycles. The minimum absolute atomic E-state index is 0.307. The lowest BCUT2D eigenvalue weighted by molar-refractivity contribution is 0.284. The summed E-state index contributed by atoms with van der Waals surface area (Å²) in [7, 11) is 1.60. The molecule has 0 unspecified atom stereocenters. The van der Waals surface area contributed by atoms with E-state index in [0.717, 1.165) is 22.4 Å². The highest BCUT2D eigenvalue weighted by Gasteiger charge is 2.08. The Kier molecular flexibility index (Phi) is 6.84. The topological polar surface area (TPSA) is 30.8 Å². The van der Waals surface area contributed by atoms with Crippen molar-refractivity contribution >= 4 is 46.7 Å². The van der Waals surface area contributed by atoms with E-state index in [1.54, 1.807) is 25.5 Å². The van der Waals surface area contributed by atoms with Gasteiger partial charge in [0.2, 0.25) is 0 Å². The van der Waals surface area contributed by atoms with Crippen LogP contribution in [0.25, 0.3) is 0 Å². The summed E-state index contributed by atoms with van der Waals surface area (Å²) in [5.41, 5.74) is 3.60. The molecule has 3 rings (SSSR count). The third-order valence-electron chi connectivity index (χ3n) is 4.11. The Morgan fingerprint density at radius 3 is 2.39 bits per heavy atom. The zero-order chi connectivity index (χ0) is 20.1. The Balaban J connectivity index is 1.76. The fourth-order valence-electron chi connectivity index (χ4n) is 2.54. The van der Waals surface area contributed by atoms with E-state index in [0.29, 0.717) is 33.2 Å². The summed E-state index contributed by atoms with van der Waals surface area (Å²) < 4.78 is 11.3. The summed E-state index contributed by atoms with van der Waals surface area (Å²) in [6, 6.07) is 16.5. The maximum absolute atomic E-state index is 6.20. The first-order chi connectivity index (χ1) is 13.5. The number of halogens is 3. The minimum atomic E-state index is 0.307. The van der Waals surface area contributed by atoms with E-state index in [4.69, 9.17) is 44.3 Å². The molecule has 6 heteroatoms. The van der Waals surface area contributed by atoms with E-state index in [2.05, 4.69) is 4.99 Å². The molecule has 0 aromatic heterocycles. The predicted octanol–water partition coefficient (Wildman–Crippen LogP) is 7.29. The zero-order valence-electron chi connectivity index (χ0n) is 15.4. The van der Waals surface area contributed by atoms with Crippen molar-refractivity contribution in [3.05, 3.63) is 86.4 Å². The van der Waals surface area contributed by atoms with Gasteiger partial charge in [0.1, 0.15) is 6.61 Å². The first kappa shape index (κ1) is 20.5. The number of hydrogen-bond acceptors (Lipinski definition) is 3. The fraction of sp³-hybridized carbons (Fsp3) is 0.136. The number of aryl methyl sites for hydroxylation is 1. The van der Waals surface area contributed by atoms with Gasteiger partial charge in [-0.1, -0.05) is 46.9 Å². The summed E-state index contributed by atoms with van der Waals surface area (Å²) >= 11 is 18.2. The largest absolute Gasteiger partial charge is 0.493 e. The first-order valence-corrected chi connectivity index (χ1v) is 9.64. The molecule has 0 spiro atoms. The van der Waals surface area contributed by atoms with Crippen molar-refractivity contribution in [1.29, 1.82) is 0 Å². The molecule has 28 heavy (non-hydrogen) atoms. The van der Waals surface area contributed by atoms with E-state index < -0.39 is 0 Å². The van der Waals surface area contributed by atoms with Crippen LogP contribution < -0.4 is 9.47 Å². The molecule has 0 saturated heterocycles. The van der Waals surface area contributed by atoms with Gasteiger partial charge in [0.05, 0.1) is 12.8 Å². The van der Waals surface area contributed by atoms with Gasteiger partial charge in [-0.3, -0.25) is 4.99 Å². The van der Waals surface area contributed by atoms with Crippen LogP contribution in [0.15, 0.2) is 59.6 Å². The molecule has 0 saturated carbocycles. The van der Waals surface area contributed by atoms with Crippen molar-refractivity contribution in [2.24, 2.45) is 4.99 Å². The second-order valence-corrected chi connectivity index (χ2v) is 7.40.